The van der Waals surface area contributed by atoms with Crippen LogP contribution in [0.5, 0.6) is 5.75 Å². The number of rotatable bonds is 4. The summed E-state index contributed by atoms with van der Waals surface area (Å²) >= 11 is 0. The largest absolute Gasteiger partial charge is 0.497 e. The van der Waals surface area contributed by atoms with Gasteiger partial charge in [-0.3, -0.25) is 0 Å². The molecule has 0 saturated heterocycles. The van der Waals surface area contributed by atoms with E-state index in [0.29, 0.717) is 29.5 Å². The molecular formula is C12H15FN4O. The third kappa shape index (κ3) is 2.06. The lowest BCUT2D eigenvalue weighted by Gasteiger charge is -2.08. The van der Waals surface area contributed by atoms with Gasteiger partial charge in [-0.1, -0.05) is 0 Å². The van der Waals surface area contributed by atoms with Crippen LogP contribution in [0.15, 0.2) is 18.2 Å². The van der Waals surface area contributed by atoms with E-state index >= 15 is 0 Å². The second-order valence-electron chi connectivity index (χ2n) is 3.73. The molecule has 2 rings (SSSR count). The molecule has 0 unspecified atom stereocenters. The van der Waals surface area contributed by atoms with Gasteiger partial charge < -0.3 is 15.0 Å². The van der Waals surface area contributed by atoms with E-state index < -0.39 is 0 Å². The minimum Gasteiger partial charge on any atom is -0.497 e. The fourth-order valence-corrected chi connectivity index (χ4v) is 1.82. The van der Waals surface area contributed by atoms with E-state index in [1.165, 1.54) is 13.2 Å². The highest BCUT2D eigenvalue weighted by molar-refractivity contribution is 5.57. The second-order valence-corrected chi connectivity index (χ2v) is 3.73. The first-order chi connectivity index (χ1) is 8.71. The average Bonchev–Trinajstić information content (AvgIpc) is 2.81. The van der Waals surface area contributed by atoms with E-state index in [1.54, 1.807) is 16.7 Å². The van der Waals surface area contributed by atoms with Crippen molar-refractivity contribution in [2.75, 3.05) is 7.11 Å². The predicted molar refractivity (Wildman–Crippen MR) is 65.5 cm³/mol. The van der Waals surface area contributed by atoms with Crippen LogP contribution in [0.4, 0.5) is 4.39 Å². The molecule has 0 aliphatic carbocycles. The molecule has 0 amide bonds. The van der Waals surface area contributed by atoms with Crippen molar-refractivity contribution >= 4 is 0 Å². The Kier molecular flexibility index (Phi) is 3.57. The maximum atomic E-state index is 14.0. The van der Waals surface area contributed by atoms with Gasteiger partial charge in [0.05, 0.1) is 19.2 Å². The fourth-order valence-electron chi connectivity index (χ4n) is 1.82. The van der Waals surface area contributed by atoms with Gasteiger partial charge in [0.25, 0.3) is 0 Å². The zero-order valence-corrected chi connectivity index (χ0v) is 10.4. The summed E-state index contributed by atoms with van der Waals surface area (Å²) in [7, 11) is 1.50. The number of hydrogen-bond acceptors (Lipinski definition) is 4. The number of benzene rings is 1. The van der Waals surface area contributed by atoms with Gasteiger partial charge in [0, 0.05) is 12.6 Å². The lowest BCUT2D eigenvalue weighted by atomic mass is 10.2. The molecule has 2 aromatic rings. The highest BCUT2D eigenvalue weighted by Crippen LogP contribution is 2.25. The number of ether oxygens (including phenoxy) is 1. The van der Waals surface area contributed by atoms with Crippen LogP contribution in [0, 0.1) is 5.82 Å². The Hall–Kier alpha value is -1.95. The van der Waals surface area contributed by atoms with Crippen molar-refractivity contribution in [1.29, 1.82) is 0 Å². The average molecular weight is 250 g/mol. The SMILES string of the molecule is CCn1c(CN)nnc1-c1ccc(OC)cc1F. The predicted octanol–water partition coefficient (Wildman–Crippen LogP) is 1.57. The summed E-state index contributed by atoms with van der Waals surface area (Å²) in [4.78, 5) is 0. The van der Waals surface area contributed by atoms with E-state index in [4.69, 9.17) is 10.5 Å². The molecule has 1 aromatic heterocycles. The Morgan fingerprint density at radius 2 is 2.17 bits per heavy atom. The molecule has 0 radical (unpaired) electrons. The zero-order chi connectivity index (χ0) is 13.1. The molecule has 0 spiro atoms. The zero-order valence-electron chi connectivity index (χ0n) is 10.4. The Labute approximate surface area is 104 Å². The monoisotopic (exact) mass is 250 g/mol. The molecule has 0 atom stereocenters. The molecule has 5 nitrogen and oxygen atoms in total. The molecule has 6 heteroatoms. The Morgan fingerprint density at radius 1 is 1.39 bits per heavy atom. The van der Waals surface area contributed by atoms with E-state index in [2.05, 4.69) is 10.2 Å². The van der Waals surface area contributed by atoms with E-state index in [9.17, 15) is 4.39 Å². The number of hydrogen-bond donors (Lipinski definition) is 1. The molecule has 0 bridgehead atoms. The van der Waals surface area contributed by atoms with Crippen LogP contribution in [0.2, 0.25) is 0 Å². The van der Waals surface area contributed by atoms with Crippen molar-refractivity contribution in [1.82, 2.24) is 14.8 Å². The number of nitrogens with two attached hydrogens (primary N) is 1. The number of methoxy groups -OCH3 is 1. The summed E-state index contributed by atoms with van der Waals surface area (Å²) in [5, 5.41) is 7.95. The van der Waals surface area contributed by atoms with Crippen LogP contribution in [0.1, 0.15) is 12.7 Å². The van der Waals surface area contributed by atoms with Crippen molar-refractivity contribution in [3.05, 3.63) is 29.8 Å². The topological polar surface area (TPSA) is 66.0 Å². The summed E-state index contributed by atoms with van der Waals surface area (Å²) in [6, 6.07) is 4.64. The summed E-state index contributed by atoms with van der Waals surface area (Å²) in [6.45, 7) is 2.85. The molecule has 18 heavy (non-hydrogen) atoms. The highest BCUT2D eigenvalue weighted by atomic mass is 19.1. The van der Waals surface area contributed by atoms with Gasteiger partial charge in [0.2, 0.25) is 0 Å². The minimum absolute atomic E-state index is 0.276. The molecular weight excluding hydrogens is 235 g/mol. The molecule has 0 saturated carbocycles. The number of aromatic nitrogens is 3. The van der Waals surface area contributed by atoms with Gasteiger partial charge >= 0.3 is 0 Å². The summed E-state index contributed by atoms with van der Waals surface area (Å²) in [6.07, 6.45) is 0. The molecule has 96 valence electrons. The first kappa shape index (κ1) is 12.5. The summed E-state index contributed by atoms with van der Waals surface area (Å²) in [5.41, 5.74) is 5.96. The summed E-state index contributed by atoms with van der Waals surface area (Å²) in [5.74, 6) is 1.21. The Morgan fingerprint density at radius 3 is 2.72 bits per heavy atom. The highest BCUT2D eigenvalue weighted by Gasteiger charge is 2.15. The number of halogens is 1. The van der Waals surface area contributed by atoms with Crippen molar-refractivity contribution in [2.45, 2.75) is 20.0 Å². The van der Waals surface area contributed by atoms with Crippen molar-refractivity contribution in [3.8, 4) is 17.1 Å². The Balaban J connectivity index is 2.51. The number of nitrogens with zero attached hydrogens (tertiary/aromatic N) is 3. The van der Waals surface area contributed by atoms with Crippen LogP contribution in [0.3, 0.4) is 0 Å². The first-order valence-electron chi connectivity index (χ1n) is 5.67. The van der Waals surface area contributed by atoms with Crippen LogP contribution in [-0.4, -0.2) is 21.9 Å². The fraction of sp³-hybridized carbons (Fsp3) is 0.333. The van der Waals surface area contributed by atoms with Crippen LogP contribution in [0.25, 0.3) is 11.4 Å². The van der Waals surface area contributed by atoms with Crippen LogP contribution < -0.4 is 10.5 Å². The minimum atomic E-state index is -0.389. The van der Waals surface area contributed by atoms with Crippen molar-refractivity contribution in [2.24, 2.45) is 5.73 Å². The van der Waals surface area contributed by atoms with Gasteiger partial charge in [-0.2, -0.15) is 0 Å². The lowest BCUT2D eigenvalue weighted by molar-refractivity contribution is 0.411. The van der Waals surface area contributed by atoms with E-state index in [0.717, 1.165) is 0 Å². The lowest BCUT2D eigenvalue weighted by Crippen LogP contribution is -2.08. The maximum Gasteiger partial charge on any atom is 0.166 e. The molecule has 0 aliphatic rings. The van der Waals surface area contributed by atoms with Crippen molar-refractivity contribution < 1.29 is 9.13 Å². The Bertz CT molecular complexity index is 553. The summed E-state index contributed by atoms with van der Waals surface area (Å²) < 4.78 is 20.7. The standard InChI is InChI=1S/C12H15FN4O/c1-3-17-11(7-14)15-16-12(17)9-5-4-8(18-2)6-10(9)13/h4-6H,3,7,14H2,1-2H3. The maximum absolute atomic E-state index is 14.0. The van der Waals surface area contributed by atoms with Gasteiger partial charge in [-0.25, -0.2) is 4.39 Å². The normalized spacial score (nSPS) is 10.7. The third-order valence-electron chi connectivity index (χ3n) is 2.74. The first-order valence-corrected chi connectivity index (χ1v) is 5.67. The van der Waals surface area contributed by atoms with Gasteiger partial charge in [-0.05, 0) is 19.1 Å². The van der Waals surface area contributed by atoms with Gasteiger partial charge in [-0.15, -0.1) is 10.2 Å². The molecule has 2 N–H and O–H groups in total. The molecule has 0 fully saturated rings. The third-order valence-corrected chi connectivity index (χ3v) is 2.74. The van der Waals surface area contributed by atoms with Crippen LogP contribution in [-0.2, 0) is 13.1 Å². The van der Waals surface area contributed by atoms with Gasteiger partial charge in [0.15, 0.2) is 5.82 Å². The molecule has 1 heterocycles. The smallest absolute Gasteiger partial charge is 0.166 e. The van der Waals surface area contributed by atoms with E-state index in [1.807, 2.05) is 6.92 Å². The van der Waals surface area contributed by atoms with Gasteiger partial charge in [0.1, 0.15) is 17.4 Å². The molecule has 1 aromatic carbocycles. The van der Waals surface area contributed by atoms with Crippen LogP contribution >= 0.6 is 0 Å². The van der Waals surface area contributed by atoms with Crippen molar-refractivity contribution in [3.63, 3.8) is 0 Å². The van der Waals surface area contributed by atoms with E-state index in [-0.39, 0.29) is 12.4 Å². The molecule has 0 aliphatic heterocycles. The second kappa shape index (κ2) is 5.14. The quantitative estimate of drug-likeness (QED) is 0.894.